The number of aryl methyl sites for hydroxylation is 1. The Balaban J connectivity index is 2.40. The molecule has 2 aromatic rings. The molecule has 0 aliphatic heterocycles. The Morgan fingerprint density at radius 2 is 2.00 bits per heavy atom. The Hall–Kier alpha value is -1.21. The van der Waals surface area contributed by atoms with Gasteiger partial charge in [-0.3, -0.25) is 0 Å². The third-order valence-electron chi connectivity index (χ3n) is 3.06. The van der Waals surface area contributed by atoms with Gasteiger partial charge in [0.25, 0.3) is 0 Å². The van der Waals surface area contributed by atoms with Gasteiger partial charge < -0.3 is 10.2 Å². The van der Waals surface area contributed by atoms with Gasteiger partial charge in [0, 0.05) is 24.2 Å². The van der Waals surface area contributed by atoms with Crippen molar-refractivity contribution in [3.8, 4) is 0 Å². The fraction of sp³-hybridized carbons (Fsp3) is 0.231. The number of rotatable bonds is 4. The Morgan fingerprint density at radius 1 is 1.33 bits per heavy atom. The SMILES string of the molecule is Cc1occc1CN(C)S(=O)(=O)c1c(N)cc(Cl)cc1Cl. The number of furan rings is 1. The van der Waals surface area contributed by atoms with E-state index in [1.54, 1.807) is 13.0 Å². The largest absolute Gasteiger partial charge is 0.469 e. The molecule has 0 aliphatic carbocycles. The van der Waals surface area contributed by atoms with Crippen molar-refractivity contribution in [2.75, 3.05) is 12.8 Å². The van der Waals surface area contributed by atoms with E-state index in [0.29, 0.717) is 5.76 Å². The lowest BCUT2D eigenvalue weighted by molar-refractivity contribution is 0.459. The maximum absolute atomic E-state index is 12.6. The summed E-state index contributed by atoms with van der Waals surface area (Å²) in [4.78, 5) is -0.141. The highest BCUT2D eigenvalue weighted by molar-refractivity contribution is 7.89. The van der Waals surface area contributed by atoms with Crippen LogP contribution < -0.4 is 5.73 Å². The van der Waals surface area contributed by atoms with Crippen LogP contribution in [0, 0.1) is 6.92 Å². The van der Waals surface area contributed by atoms with Gasteiger partial charge in [-0.25, -0.2) is 8.42 Å². The van der Waals surface area contributed by atoms with Crippen LogP contribution >= 0.6 is 23.2 Å². The molecule has 0 fully saturated rings. The molecule has 21 heavy (non-hydrogen) atoms. The normalized spacial score (nSPS) is 12.0. The zero-order chi connectivity index (χ0) is 15.8. The van der Waals surface area contributed by atoms with Crippen molar-refractivity contribution in [3.63, 3.8) is 0 Å². The molecule has 2 rings (SSSR count). The monoisotopic (exact) mass is 348 g/mol. The lowest BCUT2D eigenvalue weighted by atomic mass is 10.3. The minimum absolute atomic E-state index is 0.00392. The van der Waals surface area contributed by atoms with Gasteiger partial charge in [-0.1, -0.05) is 23.2 Å². The van der Waals surface area contributed by atoms with Crippen LogP contribution in [0.3, 0.4) is 0 Å². The minimum atomic E-state index is -3.83. The van der Waals surface area contributed by atoms with Gasteiger partial charge in [0.15, 0.2) is 0 Å². The van der Waals surface area contributed by atoms with Crippen LogP contribution in [0.4, 0.5) is 5.69 Å². The second-order valence-corrected chi connectivity index (χ2v) is 7.39. The Morgan fingerprint density at radius 3 is 2.52 bits per heavy atom. The average molecular weight is 349 g/mol. The number of hydrogen-bond acceptors (Lipinski definition) is 4. The molecular weight excluding hydrogens is 335 g/mol. The zero-order valence-electron chi connectivity index (χ0n) is 11.4. The number of nitrogens with zero attached hydrogens (tertiary/aromatic N) is 1. The number of anilines is 1. The molecule has 0 amide bonds. The summed E-state index contributed by atoms with van der Waals surface area (Å²) in [5.74, 6) is 0.659. The second kappa shape index (κ2) is 5.88. The summed E-state index contributed by atoms with van der Waals surface area (Å²) in [7, 11) is -2.38. The molecule has 2 N–H and O–H groups in total. The topological polar surface area (TPSA) is 76.5 Å². The van der Waals surface area contributed by atoms with E-state index < -0.39 is 10.0 Å². The van der Waals surface area contributed by atoms with E-state index in [2.05, 4.69) is 0 Å². The predicted molar refractivity (Wildman–Crippen MR) is 83.0 cm³/mol. The average Bonchev–Trinajstić information content (AvgIpc) is 2.73. The Kier molecular flexibility index (Phi) is 4.53. The number of nitrogens with two attached hydrogens (primary N) is 1. The van der Waals surface area contributed by atoms with E-state index in [-0.39, 0.29) is 27.2 Å². The quantitative estimate of drug-likeness (QED) is 0.860. The minimum Gasteiger partial charge on any atom is -0.469 e. The first-order valence-corrected chi connectivity index (χ1v) is 8.17. The molecule has 0 saturated heterocycles. The van der Waals surface area contributed by atoms with E-state index in [1.165, 1.54) is 25.4 Å². The summed E-state index contributed by atoms with van der Waals surface area (Å²) in [5, 5.41) is 0.278. The van der Waals surface area contributed by atoms with Gasteiger partial charge in [0.1, 0.15) is 10.7 Å². The van der Waals surface area contributed by atoms with Gasteiger partial charge in [-0.2, -0.15) is 4.31 Å². The summed E-state index contributed by atoms with van der Waals surface area (Å²) in [6.07, 6.45) is 1.51. The maximum atomic E-state index is 12.6. The number of benzene rings is 1. The van der Waals surface area contributed by atoms with Crippen LogP contribution in [0.15, 0.2) is 33.8 Å². The van der Waals surface area contributed by atoms with E-state index in [0.717, 1.165) is 9.87 Å². The first kappa shape index (κ1) is 16.2. The Labute approximate surface area is 133 Å². The lowest BCUT2D eigenvalue weighted by Crippen LogP contribution is -2.27. The van der Waals surface area contributed by atoms with Crippen molar-refractivity contribution in [2.45, 2.75) is 18.4 Å². The van der Waals surface area contributed by atoms with Crippen molar-refractivity contribution in [3.05, 3.63) is 45.8 Å². The van der Waals surface area contributed by atoms with E-state index in [4.69, 9.17) is 33.4 Å². The molecule has 0 saturated carbocycles. The van der Waals surface area contributed by atoms with Crippen LogP contribution in [0.1, 0.15) is 11.3 Å². The van der Waals surface area contributed by atoms with E-state index in [9.17, 15) is 8.42 Å². The van der Waals surface area contributed by atoms with Crippen LogP contribution in [-0.4, -0.2) is 19.8 Å². The number of hydrogen-bond donors (Lipinski definition) is 1. The highest BCUT2D eigenvalue weighted by Crippen LogP contribution is 2.33. The first-order valence-electron chi connectivity index (χ1n) is 5.97. The molecule has 1 heterocycles. The summed E-state index contributed by atoms with van der Waals surface area (Å²) in [5.41, 5.74) is 6.54. The molecular formula is C13H14Cl2N2O3S. The summed E-state index contributed by atoms with van der Waals surface area (Å²) in [6.45, 7) is 1.92. The highest BCUT2D eigenvalue weighted by Gasteiger charge is 2.27. The molecule has 0 radical (unpaired) electrons. The van der Waals surface area contributed by atoms with Crippen molar-refractivity contribution < 1.29 is 12.8 Å². The second-order valence-electron chi connectivity index (χ2n) is 4.57. The van der Waals surface area contributed by atoms with Crippen molar-refractivity contribution >= 4 is 38.9 Å². The molecule has 0 bridgehead atoms. The van der Waals surface area contributed by atoms with Gasteiger partial charge in [0.05, 0.1) is 17.0 Å². The van der Waals surface area contributed by atoms with Gasteiger partial charge in [0.2, 0.25) is 10.0 Å². The van der Waals surface area contributed by atoms with Crippen molar-refractivity contribution in [1.29, 1.82) is 0 Å². The summed E-state index contributed by atoms with van der Waals surface area (Å²) < 4.78 is 31.5. The molecule has 8 heteroatoms. The summed E-state index contributed by atoms with van der Waals surface area (Å²) >= 11 is 11.8. The molecule has 1 aromatic heterocycles. The smallest absolute Gasteiger partial charge is 0.246 e. The molecule has 1 aromatic carbocycles. The number of halogens is 2. The molecule has 114 valence electrons. The number of sulfonamides is 1. The fourth-order valence-corrected chi connectivity index (χ4v) is 3.99. The lowest BCUT2D eigenvalue weighted by Gasteiger charge is -2.19. The first-order chi connectivity index (χ1) is 9.73. The van der Waals surface area contributed by atoms with Crippen molar-refractivity contribution in [2.24, 2.45) is 0 Å². The van der Waals surface area contributed by atoms with Crippen LogP contribution in [0.5, 0.6) is 0 Å². The van der Waals surface area contributed by atoms with Gasteiger partial charge >= 0.3 is 0 Å². The fourth-order valence-electron chi connectivity index (χ4n) is 1.91. The van der Waals surface area contributed by atoms with Gasteiger partial charge in [-0.15, -0.1) is 0 Å². The van der Waals surface area contributed by atoms with E-state index >= 15 is 0 Å². The maximum Gasteiger partial charge on any atom is 0.246 e. The molecule has 5 nitrogen and oxygen atoms in total. The number of nitrogen functional groups attached to an aromatic ring is 1. The predicted octanol–water partition coefficient (Wildman–Crippen LogP) is 3.30. The van der Waals surface area contributed by atoms with Gasteiger partial charge in [-0.05, 0) is 25.1 Å². The Bertz CT molecular complexity index is 748. The van der Waals surface area contributed by atoms with Crippen LogP contribution in [-0.2, 0) is 16.6 Å². The standard InChI is InChI=1S/C13H14Cl2N2O3S/c1-8-9(3-4-20-8)7-17(2)21(18,19)13-11(15)5-10(14)6-12(13)16/h3-6H,7,16H2,1-2H3. The van der Waals surface area contributed by atoms with Crippen LogP contribution in [0.2, 0.25) is 10.0 Å². The van der Waals surface area contributed by atoms with E-state index in [1.807, 2.05) is 0 Å². The molecule has 0 unspecified atom stereocenters. The highest BCUT2D eigenvalue weighted by atomic mass is 35.5. The van der Waals surface area contributed by atoms with Crippen LogP contribution in [0.25, 0.3) is 0 Å². The zero-order valence-corrected chi connectivity index (χ0v) is 13.8. The third kappa shape index (κ3) is 3.18. The van der Waals surface area contributed by atoms with Crippen molar-refractivity contribution in [1.82, 2.24) is 4.31 Å². The third-order valence-corrected chi connectivity index (χ3v) is 5.61. The molecule has 0 atom stereocenters. The summed E-state index contributed by atoms with van der Waals surface area (Å²) in [6, 6.07) is 4.43. The molecule has 0 aliphatic rings. The molecule has 0 spiro atoms.